The molecule has 3 aromatic heterocycles. The summed E-state index contributed by atoms with van der Waals surface area (Å²) < 4.78 is 0. The molecule has 0 radical (unpaired) electrons. The van der Waals surface area contributed by atoms with Crippen LogP contribution in [0.5, 0.6) is 0 Å². The van der Waals surface area contributed by atoms with E-state index in [4.69, 9.17) is 9.97 Å². The Morgan fingerprint density at radius 2 is 0.900 bits per heavy atom. The number of aryl methyl sites for hydroxylation is 4. The van der Waals surface area contributed by atoms with Crippen LogP contribution in [0.15, 0.2) is 60.7 Å². The second kappa shape index (κ2) is 17.4. The van der Waals surface area contributed by atoms with Crippen LogP contribution < -0.4 is 21.3 Å². The van der Waals surface area contributed by atoms with E-state index in [1.54, 1.807) is 0 Å². The van der Waals surface area contributed by atoms with E-state index in [-0.39, 0.29) is 12.1 Å². The number of fused-ring (bicyclic) bond motifs is 8. The van der Waals surface area contributed by atoms with Gasteiger partial charge in [0.25, 0.3) is 0 Å². The van der Waals surface area contributed by atoms with Gasteiger partial charge in [0, 0.05) is 46.6 Å². The normalized spacial score (nSPS) is 12.6. The molecule has 0 fully saturated rings. The lowest BCUT2D eigenvalue weighted by molar-refractivity contribution is 0.251. The van der Waals surface area contributed by atoms with Crippen LogP contribution in [-0.2, 0) is 12.8 Å². The molecule has 0 unspecified atom stereocenters. The van der Waals surface area contributed by atoms with Crippen LogP contribution in [0.1, 0.15) is 113 Å². The van der Waals surface area contributed by atoms with Crippen molar-refractivity contribution in [2.75, 3.05) is 23.7 Å². The Kier molecular flexibility index (Phi) is 12.1. The largest absolute Gasteiger partial charge is 0.354 e. The molecule has 10 nitrogen and oxygen atoms in total. The first-order valence-electron chi connectivity index (χ1n) is 21.5. The average Bonchev–Trinajstić information content (AvgIpc) is 3.92. The molecule has 310 valence electrons. The Balaban J connectivity index is 1.61. The summed E-state index contributed by atoms with van der Waals surface area (Å²) in [5.74, 6) is 0. The molecule has 2 aliphatic heterocycles. The van der Waals surface area contributed by atoms with Crippen molar-refractivity contribution in [2.24, 2.45) is 0 Å². The number of H-pyrrole nitrogens is 2. The van der Waals surface area contributed by atoms with E-state index in [0.717, 1.165) is 104 Å². The Labute approximate surface area is 353 Å². The smallest absolute Gasteiger partial charge is 0.319 e. The van der Waals surface area contributed by atoms with Gasteiger partial charge >= 0.3 is 12.1 Å². The summed E-state index contributed by atoms with van der Waals surface area (Å²) in [6.45, 7) is 22.5. The van der Waals surface area contributed by atoms with Crippen molar-refractivity contribution in [3.8, 4) is 22.3 Å². The monoisotopic (exact) mass is 802 g/mol. The average molecular weight is 803 g/mol. The van der Waals surface area contributed by atoms with Crippen molar-refractivity contribution >= 4 is 67.8 Å². The maximum Gasteiger partial charge on any atom is 0.319 e. The van der Waals surface area contributed by atoms with Crippen molar-refractivity contribution in [3.63, 3.8) is 0 Å². The molecule has 7 rings (SSSR count). The lowest BCUT2D eigenvalue weighted by atomic mass is 9.95. The molecule has 0 spiro atoms. The number of nitrogens with one attached hydrogen (secondary N) is 6. The van der Waals surface area contributed by atoms with Crippen LogP contribution in [0.2, 0.25) is 0 Å². The highest BCUT2D eigenvalue weighted by Crippen LogP contribution is 2.44. The molecule has 6 N–H and O–H groups in total. The number of allylic oxidation sites excluding steroid dienone is 4. The first-order valence-corrected chi connectivity index (χ1v) is 21.5. The zero-order valence-corrected chi connectivity index (χ0v) is 36.7. The highest BCUT2D eigenvalue weighted by Gasteiger charge is 2.26. The molecule has 0 atom stereocenters. The van der Waals surface area contributed by atoms with Crippen LogP contribution in [0.3, 0.4) is 0 Å². The molecule has 10 heteroatoms. The number of anilines is 2. The van der Waals surface area contributed by atoms with E-state index in [1.165, 1.54) is 33.4 Å². The number of amides is 4. The van der Waals surface area contributed by atoms with E-state index >= 15 is 0 Å². The van der Waals surface area contributed by atoms with Crippen molar-refractivity contribution in [3.05, 3.63) is 106 Å². The van der Waals surface area contributed by atoms with E-state index in [0.29, 0.717) is 24.5 Å². The van der Waals surface area contributed by atoms with Gasteiger partial charge in [-0.3, -0.25) is 0 Å². The van der Waals surface area contributed by atoms with Gasteiger partial charge in [-0.2, -0.15) is 0 Å². The Bertz CT molecular complexity index is 2540. The van der Waals surface area contributed by atoms with Crippen LogP contribution in [0.25, 0.3) is 66.6 Å². The van der Waals surface area contributed by atoms with Gasteiger partial charge in [0.1, 0.15) is 0 Å². The van der Waals surface area contributed by atoms with Crippen LogP contribution in [0, 0.1) is 13.8 Å². The summed E-state index contributed by atoms with van der Waals surface area (Å²) in [4.78, 5) is 43.7. The zero-order chi connectivity index (χ0) is 42.8. The summed E-state index contributed by atoms with van der Waals surface area (Å²) in [6.07, 6.45) is 3.29. The number of benzene rings is 2. The lowest BCUT2D eigenvalue weighted by Gasteiger charge is -2.10. The SMILES string of the molecule is CCNC(=O)Nc1ccc(-c2c3nc(cc4[nH]c(c(C)c4CC)c(-c4ccc(NC(=O)NCC)cc4)c4nc(cc5[nH]c2c(C)c5CC)C(CC)=C4C)C(CC)=C3C)cc1. The minimum Gasteiger partial charge on any atom is -0.354 e. The number of aromatic amines is 2. The number of rotatable bonds is 10. The van der Waals surface area contributed by atoms with Crippen LogP contribution in [-0.4, -0.2) is 45.1 Å². The third kappa shape index (κ3) is 7.62. The Morgan fingerprint density at radius 3 is 1.22 bits per heavy atom. The highest BCUT2D eigenvalue weighted by atomic mass is 16.2. The van der Waals surface area contributed by atoms with E-state index in [9.17, 15) is 9.59 Å². The molecule has 4 amide bonds. The van der Waals surface area contributed by atoms with Gasteiger partial charge in [-0.05, 0) is 159 Å². The second-order valence-corrected chi connectivity index (χ2v) is 15.5. The molecule has 0 saturated carbocycles. The first-order chi connectivity index (χ1) is 29.0. The minimum atomic E-state index is -0.231. The molecule has 0 saturated heterocycles. The van der Waals surface area contributed by atoms with Crippen LogP contribution in [0.4, 0.5) is 21.0 Å². The third-order valence-corrected chi connectivity index (χ3v) is 12.0. The van der Waals surface area contributed by atoms with Crippen molar-refractivity contribution < 1.29 is 9.59 Å². The summed E-state index contributed by atoms with van der Waals surface area (Å²) >= 11 is 0. The fraction of sp³-hybridized carbons (Fsp3) is 0.320. The molecule has 8 bridgehead atoms. The Morgan fingerprint density at radius 1 is 0.533 bits per heavy atom. The van der Waals surface area contributed by atoms with Gasteiger partial charge < -0.3 is 31.2 Å². The van der Waals surface area contributed by atoms with Gasteiger partial charge in [0.15, 0.2) is 0 Å². The number of aromatic nitrogens is 4. The quantitative estimate of drug-likeness (QED) is 0.0836. The maximum atomic E-state index is 12.4. The molecule has 5 heterocycles. The summed E-state index contributed by atoms with van der Waals surface area (Å²) in [5, 5.41) is 11.5. The lowest BCUT2D eigenvalue weighted by Crippen LogP contribution is -2.28. The molecule has 0 aliphatic carbocycles. The van der Waals surface area contributed by atoms with E-state index in [2.05, 4.69) is 123 Å². The molecular formula is C50H58N8O2. The van der Waals surface area contributed by atoms with E-state index < -0.39 is 0 Å². The molecule has 5 aromatic rings. The predicted molar refractivity (Wildman–Crippen MR) is 251 cm³/mol. The van der Waals surface area contributed by atoms with Gasteiger partial charge in [-0.1, -0.05) is 52.0 Å². The van der Waals surface area contributed by atoms with Gasteiger partial charge in [-0.15, -0.1) is 0 Å². The standard InChI is InChI=1S/C50H58N8O2/c1-11-35-27(7)45-43(31-17-21-33(22-18-31)53-49(59)51-15-5)46-29(9)37(13-3)41(57-46)26-42-38(14-4)30(10)48(58-42)44(32-19-23-34(24-20-32)54-50(60)52-16-6)47-28(8)36(12-2)40(56-47)25-39(35)55-45/h17-26,55,58H,11-16H2,1-10H3,(H2,51,53,59)(H2,52,54,60). The van der Waals surface area contributed by atoms with Crippen molar-refractivity contribution in [2.45, 2.75) is 94.9 Å². The summed E-state index contributed by atoms with van der Waals surface area (Å²) in [5.41, 5.74) is 22.8. The fourth-order valence-corrected chi connectivity index (χ4v) is 8.99. The Hall–Kier alpha value is -6.42. The topological polar surface area (TPSA) is 140 Å². The maximum absolute atomic E-state index is 12.4. The number of urea groups is 2. The summed E-state index contributed by atoms with van der Waals surface area (Å²) in [6, 6.07) is 20.1. The zero-order valence-electron chi connectivity index (χ0n) is 36.7. The molecule has 60 heavy (non-hydrogen) atoms. The predicted octanol–water partition coefficient (Wildman–Crippen LogP) is 12.4. The van der Waals surface area contributed by atoms with Gasteiger partial charge in [0.05, 0.1) is 33.8 Å². The molecule has 2 aliphatic rings. The number of carbonyl (C=O) groups is 2. The number of hydrogen-bond donors (Lipinski definition) is 6. The fourth-order valence-electron chi connectivity index (χ4n) is 8.99. The number of hydrogen-bond acceptors (Lipinski definition) is 4. The van der Waals surface area contributed by atoms with Crippen molar-refractivity contribution in [1.29, 1.82) is 0 Å². The van der Waals surface area contributed by atoms with E-state index in [1.807, 2.05) is 38.1 Å². The molecular weight excluding hydrogens is 745 g/mol. The summed E-state index contributed by atoms with van der Waals surface area (Å²) in [7, 11) is 0. The molecule has 2 aromatic carbocycles. The third-order valence-electron chi connectivity index (χ3n) is 12.0. The first kappa shape index (κ1) is 41.7. The van der Waals surface area contributed by atoms with Gasteiger partial charge in [0.2, 0.25) is 0 Å². The van der Waals surface area contributed by atoms with Crippen molar-refractivity contribution in [1.82, 2.24) is 30.6 Å². The highest BCUT2D eigenvalue weighted by molar-refractivity contribution is 6.04. The van der Waals surface area contributed by atoms with Gasteiger partial charge in [-0.25, -0.2) is 19.6 Å². The number of carbonyl (C=O) groups excluding carboxylic acids is 2. The second-order valence-electron chi connectivity index (χ2n) is 15.5. The van der Waals surface area contributed by atoms with Crippen LogP contribution >= 0.6 is 0 Å². The minimum absolute atomic E-state index is 0.231. The number of nitrogens with zero attached hydrogens (tertiary/aromatic N) is 2.